The van der Waals surface area contributed by atoms with Gasteiger partial charge in [-0.15, -0.1) is 0 Å². The van der Waals surface area contributed by atoms with E-state index in [9.17, 15) is 9.90 Å². The molecule has 4 atom stereocenters. The molecular formula is C28H29N5O3. The van der Waals surface area contributed by atoms with Gasteiger partial charge in [-0.2, -0.15) is 5.10 Å². The second kappa shape index (κ2) is 9.37. The molecule has 3 N–H and O–H groups in total. The Morgan fingerprint density at radius 3 is 2.61 bits per heavy atom. The van der Waals surface area contributed by atoms with Gasteiger partial charge in [0, 0.05) is 34.8 Å². The fraction of sp³-hybridized carbons (Fsp3) is 0.321. The van der Waals surface area contributed by atoms with Crippen LogP contribution in [0, 0.1) is 0 Å². The molecule has 0 saturated carbocycles. The standard InChI is InChI=1S/C28H29N5O3/c1-33-19-8-9-20(33)16-22(15-19)36-21-10-5-17(6-11-21)26-23-14-18(7-12-24(23)31-32-26)27(34)30-28(35)25-4-2-3-13-29-25/h2-7,10-14,19-20,22,28,35H,8-9,15-16H2,1H3,(H,30,34)(H,31,32)/t19-,20+,22?,28-/m0/s1. The Hall–Kier alpha value is -3.75. The molecule has 2 aliphatic heterocycles. The summed E-state index contributed by atoms with van der Waals surface area (Å²) in [6, 6.07) is 19.8. The number of carbonyl (C=O) groups is 1. The van der Waals surface area contributed by atoms with Crippen LogP contribution in [0.25, 0.3) is 22.2 Å². The number of aromatic amines is 1. The van der Waals surface area contributed by atoms with Crippen LogP contribution in [0.15, 0.2) is 66.9 Å². The molecule has 0 radical (unpaired) electrons. The second-order valence-corrected chi connectivity index (χ2v) is 9.75. The minimum absolute atomic E-state index is 0.262. The van der Waals surface area contributed by atoms with Gasteiger partial charge >= 0.3 is 0 Å². The Balaban J connectivity index is 1.18. The zero-order valence-electron chi connectivity index (χ0n) is 20.1. The van der Waals surface area contributed by atoms with Crippen molar-refractivity contribution in [1.29, 1.82) is 0 Å². The highest BCUT2D eigenvalue weighted by Gasteiger charge is 2.39. The fourth-order valence-electron chi connectivity index (χ4n) is 5.54. The third-order valence-electron chi connectivity index (χ3n) is 7.55. The summed E-state index contributed by atoms with van der Waals surface area (Å²) in [5.74, 6) is 0.481. The van der Waals surface area contributed by atoms with Crippen LogP contribution in [0.4, 0.5) is 0 Å². The number of pyridine rings is 1. The maximum Gasteiger partial charge on any atom is 0.253 e. The molecule has 2 aromatic heterocycles. The summed E-state index contributed by atoms with van der Waals surface area (Å²) in [5, 5.41) is 21.3. The summed E-state index contributed by atoms with van der Waals surface area (Å²) >= 11 is 0. The molecule has 8 nitrogen and oxygen atoms in total. The number of hydrogen-bond donors (Lipinski definition) is 3. The Kier molecular flexibility index (Phi) is 5.91. The predicted octanol–water partition coefficient (Wildman–Crippen LogP) is 4.05. The number of amides is 1. The minimum Gasteiger partial charge on any atom is -0.490 e. The van der Waals surface area contributed by atoms with Crippen molar-refractivity contribution in [2.24, 2.45) is 0 Å². The second-order valence-electron chi connectivity index (χ2n) is 9.75. The number of ether oxygens (including phenoxy) is 1. The van der Waals surface area contributed by atoms with Gasteiger partial charge in [-0.1, -0.05) is 6.07 Å². The lowest BCUT2D eigenvalue weighted by Gasteiger charge is -2.36. The van der Waals surface area contributed by atoms with Gasteiger partial charge in [0.05, 0.1) is 16.9 Å². The van der Waals surface area contributed by atoms with Crippen LogP contribution >= 0.6 is 0 Å². The van der Waals surface area contributed by atoms with Crippen molar-refractivity contribution in [2.75, 3.05) is 7.05 Å². The van der Waals surface area contributed by atoms with Crippen LogP contribution in [0.2, 0.25) is 0 Å². The molecule has 6 rings (SSSR count). The van der Waals surface area contributed by atoms with E-state index < -0.39 is 12.1 Å². The van der Waals surface area contributed by atoms with E-state index in [1.807, 2.05) is 30.3 Å². The number of nitrogens with zero attached hydrogens (tertiary/aromatic N) is 3. The zero-order chi connectivity index (χ0) is 24.6. The highest BCUT2D eigenvalue weighted by molar-refractivity contribution is 6.01. The van der Waals surface area contributed by atoms with E-state index in [-0.39, 0.29) is 6.10 Å². The van der Waals surface area contributed by atoms with Gasteiger partial charge in [0.2, 0.25) is 0 Å². The van der Waals surface area contributed by atoms with Crippen LogP contribution in [-0.2, 0) is 0 Å². The normalized spacial score (nSPS) is 22.4. The highest BCUT2D eigenvalue weighted by atomic mass is 16.5. The molecule has 4 aromatic rings. The van der Waals surface area contributed by atoms with Gasteiger partial charge in [0.25, 0.3) is 5.91 Å². The summed E-state index contributed by atoms with van der Waals surface area (Å²) in [5.41, 5.74) is 3.33. The largest absolute Gasteiger partial charge is 0.490 e. The van der Waals surface area contributed by atoms with Gasteiger partial charge in [-0.3, -0.25) is 14.9 Å². The molecule has 2 fully saturated rings. The number of rotatable bonds is 6. The molecule has 2 bridgehead atoms. The number of hydrogen-bond acceptors (Lipinski definition) is 6. The molecule has 2 aliphatic rings. The molecule has 4 heterocycles. The number of aliphatic hydroxyl groups is 1. The van der Waals surface area contributed by atoms with Crippen molar-refractivity contribution in [3.63, 3.8) is 0 Å². The van der Waals surface area contributed by atoms with E-state index in [0.29, 0.717) is 23.3 Å². The number of aliphatic hydroxyl groups excluding tert-OH is 1. The maximum absolute atomic E-state index is 12.8. The molecule has 36 heavy (non-hydrogen) atoms. The average molecular weight is 484 g/mol. The van der Waals surface area contributed by atoms with Crippen LogP contribution in [0.1, 0.15) is 48.0 Å². The smallest absolute Gasteiger partial charge is 0.253 e. The van der Waals surface area contributed by atoms with Gasteiger partial charge in [-0.25, -0.2) is 0 Å². The zero-order valence-corrected chi connectivity index (χ0v) is 20.1. The Labute approximate surface area is 209 Å². The average Bonchev–Trinajstić information content (AvgIpc) is 3.40. The summed E-state index contributed by atoms with van der Waals surface area (Å²) in [4.78, 5) is 19.4. The number of carbonyl (C=O) groups excluding carboxylic acids is 1. The first-order chi connectivity index (χ1) is 17.5. The molecule has 2 aromatic carbocycles. The number of aromatic nitrogens is 3. The van der Waals surface area contributed by atoms with Crippen molar-refractivity contribution in [3.8, 4) is 17.0 Å². The van der Waals surface area contributed by atoms with Crippen LogP contribution in [0.3, 0.4) is 0 Å². The summed E-state index contributed by atoms with van der Waals surface area (Å²) in [7, 11) is 2.24. The molecule has 0 spiro atoms. The van der Waals surface area contributed by atoms with Crippen molar-refractivity contribution < 1.29 is 14.6 Å². The van der Waals surface area contributed by atoms with Crippen LogP contribution in [-0.4, -0.2) is 56.3 Å². The van der Waals surface area contributed by atoms with E-state index in [1.165, 1.54) is 12.8 Å². The van der Waals surface area contributed by atoms with E-state index in [0.717, 1.165) is 40.8 Å². The summed E-state index contributed by atoms with van der Waals surface area (Å²) in [6.45, 7) is 0. The van der Waals surface area contributed by atoms with Crippen LogP contribution < -0.4 is 10.1 Å². The molecule has 2 saturated heterocycles. The van der Waals surface area contributed by atoms with Gasteiger partial charge < -0.3 is 20.1 Å². The van der Waals surface area contributed by atoms with E-state index in [4.69, 9.17) is 4.74 Å². The minimum atomic E-state index is -1.19. The number of benzene rings is 2. The third-order valence-corrected chi connectivity index (χ3v) is 7.55. The van der Waals surface area contributed by atoms with Crippen molar-refractivity contribution in [3.05, 3.63) is 78.1 Å². The lowest BCUT2D eigenvalue weighted by molar-refractivity contribution is 0.0661. The molecule has 1 unspecified atom stereocenters. The predicted molar refractivity (Wildman–Crippen MR) is 136 cm³/mol. The Bertz CT molecular complexity index is 1360. The number of nitrogens with one attached hydrogen (secondary N) is 2. The van der Waals surface area contributed by atoms with Crippen molar-refractivity contribution in [1.82, 2.24) is 25.4 Å². The van der Waals surface area contributed by atoms with Gasteiger partial charge in [0.15, 0.2) is 6.23 Å². The van der Waals surface area contributed by atoms with Gasteiger partial charge in [-0.05, 0) is 87.3 Å². The van der Waals surface area contributed by atoms with E-state index in [1.54, 1.807) is 36.5 Å². The maximum atomic E-state index is 12.8. The van der Waals surface area contributed by atoms with Crippen LogP contribution in [0.5, 0.6) is 5.75 Å². The molecular weight excluding hydrogens is 454 g/mol. The van der Waals surface area contributed by atoms with E-state index >= 15 is 0 Å². The van der Waals surface area contributed by atoms with Crippen molar-refractivity contribution >= 4 is 16.8 Å². The third kappa shape index (κ3) is 4.34. The van der Waals surface area contributed by atoms with Gasteiger partial charge in [0.1, 0.15) is 11.9 Å². The number of fused-ring (bicyclic) bond motifs is 3. The number of H-pyrrole nitrogens is 1. The lowest BCUT2D eigenvalue weighted by Crippen LogP contribution is -2.43. The Morgan fingerprint density at radius 2 is 1.89 bits per heavy atom. The number of piperidine rings is 1. The van der Waals surface area contributed by atoms with E-state index in [2.05, 4.69) is 32.4 Å². The molecule has 0 aliphatic carbocycles. The quantitative estimate of drug-likeness (QED) is 0.358. The summed E-state index contributed by atoms with van der Waals surface area (Å²) in [6.07, 6.45) is 5.35. The molecule has 184 valence electrons. The summed E-state index contributed by atoms with van der Waals surface area (Å²) < 4.78 is 6.33. The first kappa shape index (κ1) is 22.7. The first-order valence-electron chi connectivity index (χ1n) is 12.4. The lowest BCUT2D eigenvalue weighted by atomic mass is 10.0. The molecule has 1 amide bonds. The fourth-order valence-corrected chi connectivity index (χ4v) is 5.54. The monoisotopic (exact) mass is 483 g/mol. The highest BCUT2D eigenvalue weighted by Crippen LogP contribution is 2.36. The first-order valence-corrected chi connectivity index (χ1v) is 12.4. The van der Waals surface area contributed by atoms with Crippen molar-refractivity contribution in [2.45, 2.75) is 50.1 Å². The topological polar surface area (TPSA) is 103 Å². The SMILES string of the molecule is CN1[C@@H]2CC[C@H]1CC(Oc1ccc(-c3n[nH]c4ccc(C(=O)N[C@@H](O)c5ccccn5)cc34)cc1)C2. The molecule has 8 heteroatoms. The Morgan fingerprint density at radius 1 is 1.11 bits per heavy atom.